The molecule has 0 atom stereocenters. The van der Waals surface area contributed by atoms with Crippen molar-refractivity contribution in [1.29, 1.82) is 0 Å². The van der Waals surface area contributed by atoms with Crippen molar-refractivity contribution < 1.29 is 14.3 Å². The zero-order valence-electron chi connectivity index (χ0n) is 10.1. The Kier molecular flexibility index (Phi) is 3.85. The molecule has 0 heterocycles. The van der Waals surface area contributed by atoms with Crippen LogP contribution >= 0.6 is 15.9 Å². The fourth-order valence-electron chi connectivity index (χ4n) is 1.56. The van der Waals surface area contributed by atoms with Gasteiger partial charge < -0.3 is 10.4 Å². The molecule has 0 aliphatic rings. The Morgan fingerprint density at radius 2 is 2.00 bits per heavy atom. The van der Waals surface area contributed by atoms with E-state index in [1.807, 2.05) is 0 Å². The summed E-state index contributed by atoms with van der Waals surface area (Å²) in [5.74, 6) is -1.09. The number of phenols is 1. The molecule has 0 aliphatic carbocycles. The first-order valence-corrected chi connectivity index (χ1v) is 6.32. The van der Waals surface area contributed by atoms with Gasteiger partial charge in [0.15, 0.2) is 0 Å². The zero-order chi connectivity index (χ0) is 14.0. The van der Waals surface area contributed by atoms with E-state index in [2.05, 4.69) is 21.2 Å². The number of halogens is 2. The number of carbonyl (C=O) groups excluding carboxylic acids is 1. The highest BCUT2D eigenvalue weighted by molar-refractivity contribution is 9.10. The molecule has 2 N–H and O–H groups in total. The van der Waals surface area contributed by atoms with Crippen molar-refractivity contribution in [1.82, 2.24) is 0 Å². The predicted octanol–water partition coefficient (Wildman–Crippen LogP) is 3.85. The van der Waals surface area contributed by atoms with Gasteiger partial charge in [0.05, 0.1) is 5.56 Å². The summed E-state index contributed by atoms with van der Waals surface area (Å²) in [5.41, 5.74) is 1.06. The molecule has 0 saturated heterocycles. The van der Waals surface area contributed by atoms with Crippen molar-refractivity contribution in [3.05, 3.63) is 57.8 Å². The van der Waals surface area contributed by atoms with Crippen LogP contribution < -0.4 is 5.32 Å². The Balaban J connectivity index is 2.23. The van der Waals surface area contributed by atoms with Crippen LogP contribution in [0.5, 0.6) is 5.75 Å². The molecule has 0 aliphatic heterocycles. The van der Waals surface area contributed by atoms with Gasteiger partial charge in [-0.3, -0.25) is 4.79 Å². The third-order valence-electron chi connectivity index (χ3n) is 2.64. The number of aryl methyl sites for hydroxylation is 1. The van der Waals surface area contributed by atoms with Gasteiger partial charge in [-0.2, -0.15) is 0 Å². The van der Waals surface area contributed by atoms with Crippen LogP contribution in [0, 0.1) is 12.7 Å². The van der Waals surface area contributed by atoms with E-state index >= 15 is 0 Å². The maximum absolute atomic E-state index is 13.6. The number of aromatic hydroxyl groups is 1. The van der Waals surface area contributed by atoms with Crippen molar-refractivity contribution in [2.45, 2.75) is 6.92 Å². The van der Waals surface area contributed by atoms with Crippen LogP contribution in [0.3, 0.4) is 0 Å². The second kappa shape index (κ2) is 5.40. The van der Waals surface area contributed by atoms with Gasteiger partial charge in [0.25, 0.3) is 5.91 Å². The lowest BCUT2D eigenvalue weighted by molar-refractivity contribution is 0.102. The van der Waals surface area contributed by atoms with Gasteiger partial charge in [-0.05, 0) is 36.8 Å². The molecule has 19 heavy (non-hydrogen) atoms. The molecule has 2 rings (SSSR count). The lowest BCUT2D eigenvalue weighted by Crippen LogP contribution is -2.13. The smallest absolute Gasteiger partial charge is 0.258 e. The van der Waals surface area contributed by atoms with Crippen LogP contribution in [0.15, 0.2) is 40.9 Å². The van der Waals surface area contributed by atoms with Crippen molar-refractivity contribution in [3.8, 4) is 5.75 Å². The van der Waals surface area contributed by atoms with Crippen molar-refractivity contribution >= 4 is 27.5 Å². The molecular formula is C14H11BrFNO2. The molecule has 0 radical (unpaired) electrons. The minimum absolute atomic E-state index is 0.0525. The Morgan fingerprint density at radius 3 is 2.63 bits per heavy atom. The SMILES string of the molecule is Cc1ccc(NC(=O)c2ccc(Br)cc2F)cc1O. The maximum atomic E-state index is 13.6. The Bertz CT molecular complexity index is 643. The first-order chi connectivity index (χ1) is 8.97. The van der Waals surface area contributed by atoms with E-state index in [-0.39, 0.29) is 11.3 Å². The molecule has 3 nitrogen and oxygen atoms in total. The standard InChI is InChI=1S/C14H11BrFNO2/c1-8-2-4-10(7-13(8)18)17-14(19)11-5-3-9(15)6-12(11)16/h2-7,18H,1H3,(H,17,19). The van der Waals surface area contributed by atoms with Crippen molar-refractivity contribution in [2.75, 3.05) is 5.32 Å². The molecule has 2 aromatic rings. The fraction of sp³-hybridized carbons (Fsp3) is 0.0714. The minimum Gasteiger partial charge on any atom is -0.508 e. The van der Waals surface area contributed by atoms with Gasteiger partial charge in [-0.1, -0.05) is 22.0 Å². The number of benzene rings is 2. The molecule has 0 saturated carbocycles. The molecule has 1 amide bonds. The summed E-state index contributed by atoms with van der Waals surface area (Å²) in [4.78, 5) is 11.9. The molecule has 98 valence electrons. The van der Waals surface area contributed by atoms with E-state index in [9.17, 15) is 14.3 Å². The number of phenolic OH excluding ortho intramolecular Hbond substituents is 1. The number of amides is 1. The molecule has 0 spiro atoms. The van der Waals surface area contributed by atoms with E-state index in [1.165, 1.54) is 18.2 Å². The van der Waals surface area contributed by atoms with Gasteiger partial charge in [0.2, 0.25) is 0 Å². The lowest BCUT2D eigenvalue weighted by atomic mass is 10.1. The van der Waals surface area contributed by atoms with Gasteiger partial charge >= 0.3 is 0 Å². The van der Waals surface area contributed by atoms with Crippen molar-refractivity contribution in [3.63, 3.8) is 0 Å². The summed E-state index contributed by atoms with van der Waals surface area (Å²) in [5, 5.41) is 12.1. The predicted molar refractivity (Wildman–Crippen MR) is 74.9 cm³/mol. The summed E-state index contributed by atoms with van der Waals surface area (Å²) >= 11 is 3.12. The maximum Gasteiger partial charge on any atom is 0.258 e. The largest absolute Gasteiger partial charge is 0.508 e. The average Bonchev–Trinajstić information content (AvgIpc) is 2.33. The molecule has 0 bridgehead atoms. The molecule has 0 fully saturated rings. The summed E-state index contributed by atoms with van der Waals surface area (Å²) in [6.07, 6.45) is 0. The Hall–Kier alpha value is -1.88. The number of hydrogen-bond donors (Lipinski definition) is 2. The Morgan fingerprint density at radius 1 is 1.26 bits per heavy atom. The summed E-state index contributed by atoms with van der Waals surface area (Å²) in [6, 6.07) is 8.94. The topological polar surface area (TPSA) is 49.3 Å². The summed E-state index contributed by atoms with van der Waals surface area (Å²) in [7, 11) is 0. The van der Waals surface area contributed by atoms with E-state index in [1.54, 1.807) is 25.1 Å². The second-order valence-corrected chi connectivity index (χ2v) is 5.00. The van der Waals surface area contributed by atoms with Crippen LogP contribution in [-0.2, 0) is 0 Å². The zero-order valence-corrected chi connectivity index (χ0v) is 11.7. The molecular weight excluding hydrogens is 313 g/mol. The van der Waals surface area contributed by atoms with Crippen LogP contribution in [0.1, 0.15) is 15.9 Å². The number of rotatable bonds is 2. The summed E-state index contributed by atoms with van der Waals surface area (Å²) in [6.45, 7) is 1.75. The fourth-order valence-corrected chi connectivity index (χ4v) is 1.89. The lowest BCUT2D eigenvalue weighted by Gasteiger charge is -2.08. The molecule has 0 unspecified atom stereocenters. The van der Waals surface area contributed by atoms with Crippen LogP contribution in [0.2, 0.25) is 0 Å². The average molecular weight is 324 g/mol. The number of hydrogen-bond acceptors (Lipinski definition) is 2. The molecule has 0 aromatic heterocycles. The quantitative estimate of drug-likeness (QED) is 0.881. The van der Waals surface area contributed by atoms with E-state index in [0.717, 1.165) is 0 Å². The van der Waals surface area contributed by atoms with E-state index < -0.39 is 11.7 Å². The third kappa shape index (κ3) is 3.12. The van der Waals surface area contributed by atoms with E-state index in [0.29, 0.717) is 15.7 Å². The monoisotopic (exact) mass is 323 g/mol. The van der Waals surface area contributed by atoms with Gasteiger partial charge in [0, 0.05) is 16.2 Å². The van der Waals surface area contributed by atoms with Gasteiger partial charge in [0.1, 0.15) is 11.6 Å². The van der Waals surface area contributed by atoms with Crippen LogP contribution in [-0.4, -0.2) is 11.0 Å². The van der Waals surface area contributed by atoms with Crippen molar-refractivity contribution in [2.24, 2.45) is 0 Å². The minimum atomic E-state index is -0.608. The van der Waals surface area contributed by atoms with Crippen LogP contribution in [0.25, 0.3) is 0 Å². The van der Waals surface area contributed by atoms with E-state index in [4.69, 9.17) is 0 Å². The first kappa shape index (κ1) is 13.5. The van der Waals surface area contributed by atoms with Crippen LogP contribution in [0.4, 0.5) is 10.1 Å². The molecule has 5 heteroatoms. The highest BCUT2D eigenvalue weighted by atomic mass is 79.9. The molecule has 2 aromatic carbocycles. The highest BCUT2D eigenvalue weighted by Crippen LogP contribution is 2.22. The number of nitrogens with one attached hydrogen (secondary N) is 1. The second-order valence-electron chi connectivity index (χ2n) is 4.08. The normalized spacial score (nSPS) is 10.3. The Labute approximate surface area is 118 Å². The first-order valence-electron chi connectivity index (χ1n) is 5.53. The van der Waals surface area contributed by atoms with Gasteiger partial charge in [-0.25, -0.2) is 4.39 Å². The number of anilines is 1. The van der Waals surface area contributed by atoms with Gasteiger partial charge in [-0.15, -0.1) is 0 Å². The summed E-state index contributed by atoms with van der Waals surface area (Å²) < 4.78 is 14.2. The third-order valence-corrected chi connectivity index (χ3v) is 3.14. The highest BCUT2D eigenvalue weighted by Gasteiger charge is 2.12. The number of carbonyl (C=O) groups is 1.